The van der Waals surface area contributed by atoms with Crippen molar-refractivity contribution in [2.24, 2.45) is 5.73 Å². The predicted molar refractivity (Wildman–Crippen MR) is 77.6 cm³/mol. The van der Waals surface area contributed by atoms with Crippen molar-refractivity contribution in [2.45, 2.75) is 13.3 Å². The van der Waals surface area contributed by atoms with E-state index in [1.165, 1.54) is 0 Å². The zero-order valence-electron chi connectivity index (χ0n) is 11.3. The minimum Gasteiger partial charge on any atom is -0.490 e. The van der Waals surface area contributed by atoms with Gasteiger partial charge in [0.05, 0.1) is 12.2 Å². The van der Waals surface area contributed by atoms with Crippen molar-refractivity contribution < 1.29 is 9.47 Å². The molecule has 1 aromatic heterocycles. The molecule has 2 aromatic rings. The Morgan fingerprint density at radius 1 is 1.20 bits per heavy atom. The minimum atomic E-state index is -0.0833. The van der Waals surface area contributed by atoms with Gasteiger partial charge in [-0.05, 0) is 30.7 Å². The molecule has 5 heteroatoms. The van der Waals surface area contributed by atoms with E-state index in [1.807, 2.05) is 25.1 Å². The molecule has 0 fully saturated rings. The van der Waals surface area contributed by atoms with Gasteiger partial charge in [0.25, 0.3) is 0 Å². The van der Waals surface area contributed by atoms with Gasteiger partial charge in [-0.1, -0.05) is 19.1 Å². The summed E-state index contributed by atoms with van der Waals surface area (Å²) in [5, 5.41) is 7.53. The normalized spacial score (nSPS) is 10.1. The maximum absolute atomic E-state index is 7.53. The summed E-state index contributed by atoms with van der Waals surface area (Å²) in [4.78, 5) is 4.12. The number of nitrogen functional groups attached to an aromatic ring is 1. The molecule has 0 spiro atoms. The smallest absolute Gasteiger partial charge is 0.230 e. The van der Waals surface area contributed by atoms with Crippen LogP contribution in [0, 0.1) is 5.41 Å². The number of nitrogens with two attached hydrogens (primary N) is 1. The van der Waals surface area contributed by atoms with Crippen molar-refractivity contribution in [1.82, 2.24) is 4.98 Å². The molecule has 0 unspecified atom stereocenters. The fourth-order valence-electron chi connectivity index (χ4n) is 1.65. The fourth-order valence-corrected chi connectivity index (χ4v) is 1.65. The van der Waals surface area contributed by atoms with E-state index in [0.717, 1.165) is 6.42 Å². The highest BCUT2D eigenvalue weighted by molar-refractivity contribution is 5.97. The number of benzene rings is 1. The van der Waals surface area contributed by atoms with Gasteiger partial charge in [-0.2, -0.15) is 0 Å². The monoisotopic (exact) mass is 271 g/mol. The maximum atomic E-state index is 7.53. The number of pyridine rings is 1. The first kappa shape index (κ1) is 13.9. The average Bonchev–Trinajstić information content (AvgIpc) is 2.47. The Morgan fingerprint density at radius 3 is 2.65 bits per heavy atom. The molecule has 1 aromatic carbocycles. The van der Waals surface area contributed by atoms with Crippen molar-refractivity contribution in [1.29, 1.82) is 5.41 Å². The van der Waals surface area contributed by atoms with E-state index in [2.05, 4.69) is 4.98 Å². The Bertz CT molecular complexity index is 599. The molecule has 2 rings (SSSR count). The number of aromatic nitrogens is 1. The largest absolute Gasteiger partial charge is 0.490 e. The Labute approximate surface area is 117 Å². The first-order valence-corrected chi connectivity index (χ1v) is 6.41. The molecule has 0 aliphatic rings. The first-order chi connectivity index (χ1) is 9.72. The van der Waals surface area contributed by atoms with Crippen molar-refractivity contribution in [2.75, 3.05) is 6.61 Å². The highest BCUT2D eigenvalue weighted by Crippen LogP contribution is 2.31. The summed E-state index contributed by atoms with van der Waals surface area (Å²) in [7, 11) is 0. The predicted octanol–water partition coefficient (Wildman–Crippen LogP) is 2.95. The molecule has 0 saturated carbocycles. The fraction of sp³-hybridized carbons (Fsp3) is 0.200. The third-order valence-electron chi connectivity index (χ3n) is 2.58. The van der Waals surface area contributed by atoms with Crippen molar-refractivity contribution >= 4 is 5.84 Å². The van der Waals surface area contributed by atoms with Crippen LogP contribution in [0.3, 0.4) is 0 Å². The molecule has 5 nitrogen and oxygen atoms in total. The lowest BCUT2D eigenvalue weighted by molar-refractivity contribution is 0.300. The number of nitrogens with zero attached hydrogens (tertiary/aromatic N) is 1. The van der Waals surface area contributed by atoms with Gasteiger partial charge < -0.3 is 15.2 Å². The van der Waals surface area contributed by atoms with Crippen LogP contribution < -0.4 is 15.2 Å². The molecule has 1 heterocycles. The first-order valence-electron chi connectivity index (χ1n) is 6.41. The molecule has 0 amide bonds. The molecule has 104 valence electrons. The Balaban J connectivity index is 2.28. The van der Waals surface area contributed by atoms with Gasteiger partial charge in [0.2, 0.25) is 5.88 Å². The van der Waals surface area contributed by atoms with Crippen LogP contribution in [-0.2, 0) is 0 Å². The lowest BCUT2D eigenvalue weighted by Gasteiger charge is -2.12. The standard InChI is InChI=1S/C15H17N3O2/c1-2-10-19-12-7-3-4-8-13(12)20-15-11(14(16)17)6-5-9-18-15/h3-9H,2,10H2,1H3,(H3,16,17). The third-order valence-corrected chi connectivity index (χ3v) is 2.58. The topological polar surface area (TPSA) is 81.2 Å². The zero-order valence-corrected chi connectivity index (χ0v) is 11.3. The van der Waals surface area contributed by atoms with Crippen LogP contribution in [0.4, 0.5) is 0 Å². The number of amidine groups is 1. The van der Waals surface area contributed by atoms with Gasteiger partial charge in [-0.25, -0.2) is 4.98 Å². The number of rotatable bonds is 6. The summed E-state index contributed by atoms with van der Waals surface area (Å²) in [6, 6.07) is 10.8. The van der Waals surface area contributed by atoms with Crippen LogP contribution in [0.5, 0.6) is 17.4 Å². The minimum absolute atomic E-state index is 0.0833. The second kappa shape index (κ2) is 6.56. The molecule has 0 radical (unpaired) electrons. The second-order valence-electron chi connectivity index (χ2n) is 4.17. The highest BCUT2D eigenvalue weighted by atomic mass is 16.5. The van der Waals surface area contributed by atoms with Crippen molar-refractivity contribution in [3.05, 3.63) is 48.2 Å². The van der Waals surface area contributed by atoms with Gasteiger partial charge in [-0.15, -0.1) is 0 Å². The van der Waals surface area contributed by atoms with Crippen molar-refractivity contribution in [3.8, 4) is 17.4 Å². The van der Waals surface area contributed by atoms with E-state index < -0.39 is 0 Å². The zero-order chi connectivity index (χ0) is 14.4. The number of nitrogens with one attached hydrogen (secondary N) is 1. The van der Waals surface area contributed by atoms with Gasteiger partial charge in [0.15, 0.2) is 11.5 Å². The third kappa shape index (κ3) is 3.26. The number of ether oxygens (including phenoxy) is 2. The summed E-state index contributed by atoms with van der Waals surface area (Å²) >= 11 is 0. The van der Waals surface area contributed by atoms with E-state index in [-0.39, 0.29) is 5.84 Å². The lowest BCUT2D eigenvalue weighted by Crippen LogP contribution is -2.13. The number of para-hydroxylation sites is 2. The molecule has 0 atom stereocenters. The van der Waals surface area contributed by atoms with Gasteiger partial charge >= 0.3 is 0 Å². The summed E-state index contributed by atoms with van der Waals surface area (Å²) in [6.45, 7) is 2.65. The molecule has 20 heavy (non-hydrogen) atoms. The molecular formula is C15H17N3O2. The van der Waals surface area contributed by atoms with Gasteiger partial charge in [0, 0.05) is 6.20 Å². The van der Waals surface area contributed by atoms with Crippen molar-refractivity contribution in [3.63, 3.8) is 0 Å². The van der Waals surface area contributed by atoms with Crippen LogP contribution in [-0.4, -0.2) is 17.4 Å². The summed E-state index contributed by atoms with van der Waals surface area (Å²) in [5.74, 6) is 1.42. The summed E-state index contributed by atoms with van der Waals surface area (Å²) in [6.07, 6.45) is 2.51. The molecule has 0 bridgehead atoms. The molecule has 3 N–H and O–H groups in total. The number of hydrogen-bond acceptors (Lipinski definition) is 4. The quantitative estimate of drug-likeness (QED) is 0.625. The highest BCUT2D eigenvalue weighted by Gasteiger charge is 2.11. The average molecular weight is 271 g/mol. The SMILES string of the molecule is CCCOc1ccccc1Oc1ncccc1C(=N)N. The maximum Gasteiger partial charge on any atom is 0.230 e. The summed E-state index contributed by atoms with van der Waals surface area (Å²) < 4.78 is 11.4. The second-order valence-corrected chi connectivity index (χ2v) is 4.17. The Morgan fingerprint density at radius 2 is 1.95 bits per heavy atom. The van der Waals surface area contributed by atoms with Crippen LogP contribution >= 0.6 is 0 Å². The van der Waals surface area contributed by atoms with E-state index >= 15 is 0 Å². The van der Waals surface area contributed by atoms with Crippen LogP contribution in [0.15, 0.2) is 42.6 Å². The van der Waals surface area contributed by atoms with E-state index in [4.69, 9.17) is 20.6 Å². The Hall–Kier alpha value is -2.56. The van der Waals surface area contributed by atoms with Crippen LogP contribution in [0.1, 0.15) is 18.9 Å². The molecule has 0 aliphatic heterocycles. The van der Waals surface area contributed by atoms with Gasteiger partial charge in [-0.3, -0.25) is 5.41 Å². The summed E-state index contributed by atoms with van der Waals surface area (Å²) in [5.41, 5.74) is 5.97. The lowest BCUT2D eigenvalue weighted by atomic mass is 10.2. The van der Waals surface area contributed by atoms with E-state index in [9.17, 15) is 0 Å². The number of hydrogen-bond donors (Lipinski definition) is 2. The molecular weight excluding hydrogens is 254 g/mol. The molecule has 0 saturated heterocycles. The van der Waals surface area contributed by atoms with Gasteiger partial charge in [0.1, 0.15) is 5.84 Å². The Kier molecular flexibility index (Phi) is 4.55. The van der Waals surface area contributed by atoms with E-state index in [0.29, 0.717) is 29.5 Å². The van der Waals surface area contributed by atoms with Crippen LogP contribution in [0.2, 0.25) is 0 Å². The van der Waals surface area contributed by atoms with E-state index in [1.54, 1.807) is 24.4 Å². The molecule has 0 aliphatic carbocycles. The van der Waals surface area contributed by atoms with Crippen LogP contribution in [0.25, 0.3) is 0 Å².